The molecule has 246 valence electrons. The monoisotopic (exact) mass is 622 g/mol. The minimum atomic E-state index is -0.570. The van der Waals surface area contributed by atoms with Crippen molar-refractivity contribution in [1.29, 1.82) is 0 Å². The number of carbonyl (C=O) groups excluding carboxylic acids is 2. The number of likely N-dealkylation sites (tertiary alicyclic amines) is 2. The highest BCUT2D eigenvalue weighted by molar-refractivity contribution is 5.90. The summed E-state index contributed by atoms with van der Waals surface area (Å²) in [6, 6.07) is 16.3. The molecule has 0 saturated carbocycles. The van der Waals surface area contributed by atoms with Gasteiger partial charge in [-0.3, -0.25) is 19.7 Å². The van der Waals surface area contributed by atoms with E-state index in [-0.39, 0.29) is 37.0 Å². The molecule has 0 unspecified atom stereocenters. The Labute approximate surface area is 267 Å². The van der Waals surface area contributed by atoms with Crippen molar-refractivity contribution in [3.05, 3.63) is 65.2 Å². The minimum absolute atomic E-state index is 0.00727. The largest absolute Gasteiger partial charge is 0.392 e. The maximum absolute atomic E-state index is 12.7. The summed E-state index contributed by atoms with van der Waals surface area (Å²) in [5.41, 5.74) is 5.16. The predicted molar refractivity (Wildman–Crippen MR) is 171 cm³/mol. The number of aliphatic hydroxyl groups is 1. The minimum Gasteiger partial charge on any atom is -0.392 e. The van der Waals surface area contributed by atoms with Crippen LogP contribution in [0.15, 0.2) is 48.5 Å². The number of aliphatic hydroxyl groups excluding tert-OH is 1. The number of unbranched alkanes of at least 4 members (excludes halogenated alkanes) is 3. The van der Waals surface area contributed by atoms with Gasteiger partial charge >= 0.3 is 0 Å². The molecular weight excluding hydrogens is 572 g/mol. The van der Waals surface area contributed by atoms with Crippen LogP contribution in [0.4, 0.5) is 5.69 Å². The number of amides is 2. The molecule has 0 aromatic heterocycles. The maximum atomic E-state index is 12.7. The van der Waals surface area contributed by atoms with Crippen LogP contribution in [-0.4, -0.2) is 76.8 Å². The molecule has 0 aliphatic carbocycles. The lowest BCUT2D eigenvalue weighted by Crippen LogP contribution is -2.45. The van der Waals surface area contributed by atoms with Gasteiger partial charge in [0.2, 0.25) is 11.8 Å². The van der Waals surface area contributed by atoms with Gasteiger partial charge in [-0.2, -0.15) is 0 Å². The summed E-state index contributed by atoms with van der Waals surface area (Å²) in [6.45, 7) is 5.54. The van der Waals surface area contributed by atoms with Gasteiger partial charge in [-0.15, -0.1) is 0 Å². The summed E-state index contributed by atoms with van der Waals surface area (Å²) in [5.74, 6) is -0.433. The first-order chi connectivity index (χ1) is 22.0. The van der Waals surface area contributed by atoms with Gasteiger partial charge in [0, 0.05) is 49.6 Å². The summed E-state index contributed by atoms with van der Waals surface area (Å²) >= 11 is 0. The van der Waals surface area contributed by atoms with Gasteiger partial charge in [0.05, 0.1) is 18.8 Å². The van der Waals surface area contributed by atoms with E-state index in [1.165, 1.54) is 38.8 Å². The molecule has 2 aromatic carbocycles. The highest BCUT2D eigenvalue weighted by atomic mass is 16.7. The van der Waals surface area contributed by atoms with Crippen molar-refractivity contribution in [2.45, 2.75) is 102 Å². The molecule has 3 heterocycles. The van der Waals surface area contributed by atoms with Gasteiger partial charge in [-0.25, -0.2) is 5.48 Å². The molecular formula is C35H50N4O6. The van der Waals surface area contributed by atoms with Crippen LogP contribution in [0.3, 0.4) is 0 Å². The van der Waals surface area contributed by atoms with Crippen LogP contribution in [0.2, 0.25) is 0 Å². The second-order valence-electron chi connectivity index (χ2n) is 12.8. The van der Waals surface area contributed by atoms with E-state index in [2.05, 4.69) is 15.1 Å². The highest BCUT2D eigenvalue weighted by Crippen LogP contribution is 2.39. The average molecular weight is 623 g/mol. The normalized spacial score (nSPS) is 24.1. The summed E-state index contributed by atoms with van der Waals surface area (Å²) in [6.07, 6.45) is 8.86. The fraction of sp³-hybridized carbons (Fsp3) is 0.600. The third-order valence-corrected chi connectivity index (χ3v) is 9.34. The molecule has 45 heavy (non-hydrogen) atoms. The Bertz CT molecular complexity index is 1220. The fourth-order valence-electron chi connectivity index (χ4n) is 6.87. The third-order valence-electron chi connectivity index (χ3n) is 9.34. The summed E-state index contributed by atoms with van der Waals surface area (Å²) < 4.78 is 13.2. The number of hydrogen-bond donors (Lipinski definition) is 4. The lowest BCUT2D eigenvalue weighted by Gasteiger charge is -2.39. The van der Waals surface area contributed by atoms with Crippen molar-refractivity contribution < 1.29 is 29.4 Å². The number of carbonyl (C=O) groups is 2. The van der Waals surface area contributed by atoms with Crippen LogP contribution >= 0.6 is 0 Å². The first-order valence-electron chi connectivity index (χ1n) is 16.8. The van der Waals surface area contributed by atoms with Crippen LogP contribution in [0.25, 0.3) is 0 Å². The Morgan fingerprint density at radius 2 is 1.60 bits per heavy atom. The molecule has 3 aliphatic heterocycles. The van der Waals surface area contributed by atoms with Gasteiger partial charge in [-0.05, 0) is 81.4 Å². The zero-order valence-electron chi connectivity index (χ0n) is 26.4. The number of hydroxylamine groups is 1. The molecule has 4 N–H and O–H groups in total. The van der Waals surface area contributed by atoms with Gasteiger partial charge in [0.1, 0.15) is 0 Å². The zero-order valence-corrected chi connectivity index (χ0v) is 26.4. The van der Waals surface area contributed by atoms with Crippen LogP contribution in [0.5, 0.6) is 0 Å². The van der Waals surface area contributed by atoms with Crippen LogP contribution in [0.1, 0.15) is 99.7 Å². The smallest absolute Gasteiger partial charge is 0.243 e. The molecule has 2 aromatic rings. The number of rotatable bonds is 15. The molecule has 10 nitrogen and oxygen atoms in total. The van der Waals surface area contributed by atoms with Gasteiger partial charge in [0.25, 0.3) is 0 Å². The second-order valence-corrected chi connectivity index (χ2v) is 12.8. The van der Waals surface area contributed by atoms with Gasteiger partial charge < -0.3 is 24.8 Å². The summed E-state index contributed by atoms with van der Waals surface area (Å²) in [5, 5.41) is 21.1. The van der Waals surface area contributed by atoms with Crippen LogP contribution in [-0.2, 0) is 25.7 Å². The maximum Gasteiger partial charge on any atom is 0.243 e. The van der Waals surface area contributed by atoms with Crippen molar-refractivity contribution in [1.82, 2.24) is 15.3 Å². The van der Waals surface area contributed by atoms with Crippen LogP contribution in [0, 0.1) is 0 Å². The Balaban J connectivity index is 1.21. The number of hydrogen-bond acceptors (Lipinski definition) is 8. The molecule has 0 bridgehead atoms. The Morgan fingerprint density at radius 1 is 0.844 bits per heavy atom. The van der Waals surface area contributed by atoms with Crippen molar-refractivity contribution in [2.75, 3.05) is 38.0 Å². The zero-order chi connectivity index (χ0) is 31.4. The Kier molecular flexibility index (Phi) is 12.8. The van der Waals surface area contributed by atoms with Gasteiger partial charge in [-0.1, -0.05) is 49.2 Å². The fourth-order valence-corrected chi connectivity index (χ4v) is 6.87. The number of nitrogens with one attached hydrogen (secondary N) is 2. The highest BCUT2D eigenvalue weighted by Gasteiger charge is 2.36. The number of nitrogens with zero attached hydrogens (tertiary/aromatic N) is 2. The number of benzene rings is 2. The topological polar surface area (TPSA) is 124 Å². The molecule has 2 amide bonds. The molecule has 4 atom stereocenters. The number of ether oxygens (including phenoxy) is 2. The molecule has 3 aliphatic rings. The first-order valence-corrected chi connectivity index (χ1v) is 16.8. The van der Waals surface area contributed by atoms with Crippen molar-refractivity contribution >= 4 is 17.5 Å². The number of anilines is 1. The Morgan fingerprint density at radius 3 is 2.33 bits per heavy atom. The molecule has 3 saturated heterocycles. The van der Waals surface area contributed by atoms with Gasteiger partial charge in [0.15, 0.2) is 6.29 Å². The van der Waals surface area contributed by atoms with E-state index in [1.807, 2.05) is 48.5 Å². The van der Waals surface area contributed by atoms with E-state index in [9.17, 15) is 14.7 Å². The second kappa shape index (κ2) is 17.2. The Hall–Kier alpha value is -2.86. The molecule has 5 rings (SSSR count). The molecule has 0 radical (unpaired) electrons. The molecule has 0 spiro atoms. The average Bonchev–Trinajstić information content (AvgIpc) is 3.75. The SMILES string of the molecule is O=C(CCCCCCC(=O)Nc1cccc([C@@H]2O[C@H](CN3CCC[C@H]3CN3CCCC3)C[C@H](c3ccc(CO)cc3)O2)c1)NO. The van der Waals surface area contributed by atoms with Crippen molar-refractivity contribution in [2.24, 2.45) is 0 Å². The van der Waals surface area contributed by atoms with Crippen molar-refractivity contribution in [3.8, 4) is 0 Å². The molecule has 10 heteroatoms. The standard InChI is InChI=1S/C35H50N4O6/c40-25-26-14-16-27(17-15-26)32-22-31(24-39-20-8-11-30(39)23-38-18-5-6-19-38)44-35(45-32)28-9-7-10-29(21-28)36-33(41)12-3-1-2-4-13-34(42)37-43/h7,9-10,14-17,21,30-32,35,40,43H,1-6,8,11-13,18-20,22-25H2,(H,36,41)(H,37,42)/t30-,31-,32+,35+/m0/s1. The third kappa shape index (κ3) is 10.1. The summed E-state index contributed by atoms with van der Waals surface area (Å²) in [7, 11) is 0. The lowest BCUT2D eigenvalue weighted by molar-refractivity contribution is -0.253. The van der Waals surface area contributed by atoms with E-state index in [4.69, 9.17) is 14.7 Å². The predicted octanol–water partition coefficient (Wildman–Crippen LogP) is 5.07. The van der Waals surface area contributed by atoms with E-state index >= 15 is 0 Å². The lowest BCUT2D eigenvalue weighted by atomic mass is 9.99. The summed E-state index contributed by atoms with van der Waals surface area (Å²) in [4.78, 5) is 29.0. The van der Waals surface area contributed by atoms with E-state index in [0.29, 0.717) is 24.6 Å². The van der Waals surface area contributed by atoms with Crippen molar-refractivity contribution in [3.63, 3.8) is 0 Å². The first kappa shape index (κ1) is 33.5. The quantitative estimate of drug-likeness (QED) is 0.123. The molecule has 3 fully saturated rings. The van der Waals surface area contributed by atoms with E-state index < -0.39 is 6.29 Å². The van der Waals surface area contributed by atoms with E-state index in [1.54, 1.807) is 5.48 Å². The van der Waals surface area contributed by atoms with E-state index in [0.717, 1.165) is 62.0 Å². The van der Waals surface area contributed by atoms with Crippen LogP contribution < -0.4 is 10.8 Å².